The molecule has 14 heavy (non-hydrogen) atoms. The van der Waals surface area contributed by atoms with Gasteiger partial charge in [0.05, 0.1) is 6.54 Å². The number of anilines is 1. The molecular weight excluding hydrogens is 185 g/mol. The van der Waals surface area contributed by atoms with Crippen LogP contribution >= 0.6 is 0 Å². The van der Waals surface area contributed by atoms with Gasteiger partial charge in [0.2, 0.25) is 5.95 Å². The fourth-order valence-electron chi connectivity index (χ4n) is 0.766. The van der Waals surface area contributed by atoms with Gasteiger partial charge >= 0.3 is 7.12 Å². The molecule has 0 amide bonds. The van der Waals surface area contributed by atoms with E-state index in [2.05, 4.69) is 15.3 Å². The highest BCUT2D eigenvalue weighted by Crippen LogP contribution is 1.92. The minimum Gasteiger partial charge on any atom is -0.423 e. The molecule has 0 aliphatic heterocycles. The Bertz CT molecular complexity index is 314. The topological polar surface area (TPSA) is 95.3 Å². The highest BCUT2D eigenvalue weighted by molar-refractivity contribution is 6.58. The molecule has 0 aromatic carbocycles. The smallest absolute Gasteiger partial charge is 0.423 e. The fraction of sp³-hybridized carbons (Fsp3) is 0.286. The minimum atomic E-state index is -1.57. The van der Waals surface area contributed by atoms with Crippen molar-refractivity contribution in [2.24, 2.45) is 0 Å². The summed E-state index contributed by atoms with van der Waals surface area (Å²) in [5, 5.41) is 20.1. The maximum atomic E-state index is 10.6. The molecule has 0 atom stereocenters. The van der Waals surface area contributed by atoms with Crippen LogP contribution in [-0.4, -0.2) is 39.5 Å². The zero-order valence-corrected chi connectivity index (χ0v) is 7.64. The normalized spacial score (nSPS) is 9.64. The lowest BCUT2D eigenvalue weighted by Gasteiger charge is -2.02. The number of ketones is 1. The van der Waals surface area contributed by atoms with Crippen molar-refractivity contribution in [2.75, 3.05) is 11.9 Å². The molecule has 1 heterocycles. The molecule has 0 fully saturated rings. The van der Waals surface area contributed by atoms with Gasteiger partial charge in [-0.1, -0.05) is 0 Å². The summed E-state index contributed by atoms with van der Waals surface area (Å²) in [6.07, 6.45) is 2.56. The van der Waals surface area contributed by atoms with Crippen LogP contribution in [0.15, 0.2) is 12.4 Å². The maximum Gasteiger partial charge on any atom is 0.491 e. The van der Waals surface area contributed by atoms with Gasteiger partial charge in [-0.25, -0.2) is 9.97 Å². The van der Waals surface area contributed by atoms with Crippen molar-refractivity contribution in [1.82, 2.24) is 9.97 Å². The highest BCUT2D eigenvalue weighted by Gasteiger charge is 2.11. The molecule has 1 aromatic heterocycles. The van der Waals surface area contributed by atoms with Crippen LogP contribution in [-0.2, 0) is 4.79 Å². The number of carbonyl (C=O) groups is 1. The van der Waals surface area contributed by atoms with Crippen molar-refractivity contribution in [3.8, 4) is 0 Å². The predicted molar refractivity (Wildman–Crippen MR) is 51.0 cm³/mol. The van der Waals surface area contributed by atoms with E-state index in [0.717, 1.165) is 0 Å². The Kier molecular flexibility index (Phi) is 3.55. The predicted octanol–water partition coefficient (Wildman–Crippen LogP) is -1.84. The van der Waals surface area contributed by atoms with Gasteiger partial charge in [-0.3, -0.25) is 4.79 Å². The Morgan fingerprint density at radius 1 is 1.50 bits per heavy atom. The van der Waals surface area contributed by atoms with Crippen LogP contribution in [0.4, 0.5) is 5.95 Å². The van der Waals surface area contributed by atoms with Crippen LogP contribution < -0.4 is 10.8 Å². The van der Waals surface area contributed by atoms with Gasteiger partial charge in [-0.05, 0) is 6.92 Å². The van der Waals surface area contributed by atoms with Crippen molar-refractivity contribution >= 4 is 24.3 Å². The molecule has 0 spiro atoms. The minimum absolute atomic E-state index is 0.0279. The van der Waals surface area contributed by atoms with E-state index in [0.29, 0.717) is 0 Å². The first-order valence-electron chi connectivity index (χ1n) is 4.01. The first-order valence-corrected chi connectivity index (χ1v) is 4.01. The highest BCUT2D eigenvalue weighted by atomic mass is 16.4. The standard InChI is InChI=1S/C7H10BN3O3/c1-5(12)2-9-7-10-3-6(4-11-7)8(13)14/h3-4,13-14H,2H2,1H3,(H,9,10,11). The van der Waals surface area contributed by atoms with Crippen molar-refractivity contribution in [3.05, 3.63) is 12.4 Å². The molecule has 7 heteroatoms. The Morgan fingerprint density at radius 2 is 2.07 bits per heavy atom. The largest absolute Gasteiger partial charge is 0.491 e. The van der Waals surface area contributed by atoms with Crippen molar-refractivity contribution < 1.29 is 14.8 Å². The Balaban J connectivity index is 2.59. The summed E-state index contributed by atoms with van der Waals surface area (Å²) in [6, 6.07) is 0. The number of nitrogens with one attached hydrogen (secondary N) is 1. The zero-order chi connectivity index (χ0) is 10.6. The molecule has 0 aliphatic rings. The van der Waals surface area contributed by atoms with Gasteiger partial charge in [0.1, 0.15) is 5.78 Å². The summed E-state index contributed by atoms with van der Waals surface area (Å²) in [6.45, 7) is 1.60. The van der Waals surface area contributed by atoms with Crippen molar-refractivity contribution in [2.45, 2.75) is 6.92 Å². The SMILES string of the molecule is CC(=O)CNc1ncc(B(O)O)cn1. The molecule has 1 aromatic rings. The van der Waals surface area contributed by atoms with Crippen LogP contribution in [0.1, 0.15) is 6.92 Å². The molecule has 0 aliphatic carbocycles. The van der Waals surface area contributed by atoms with Crippen molar-refractivity contribution in [3.63, 3.8) is 0 Å². The lowest BCUT2D eigenvalue weighted by Crippen LogP contribution is -2.30. The lowest BCUT2D eigenvalue weighted by molar-refractivity contribution is -0.115. The van der Waals surface area contributed by atoms with E-state index in [-0.39, 0.29) is 23.7 Å². The summed E-state index contributed by atoms with van der Waals surface area (Å²) in [4.78, 5) is 18.1. The zero-order valence-electron chi connectivity index (χ0n) is 7.64. The number of carbonyl (C=O) groups excluding carboxylic acids is 1. The van der Waals surface area contributed by atoms with E-state index in [1.54, 1.807) is 0 Å². The van der Waals surface area contributed by atoms with Gasteiger partial charge in [-0.15, -0.1) is 0 Å². The summed E-state index contributed by atoms with van der Waals surface area (Å²) < 4.78 is 0. The van der Waals surface area contributed by atoms with E-state index in [9.17, 15) is 4.79 Å². The maximum absolute atomic E-state index is 10.6. The third-order valence-corrected chi connectivity index (χ3v) is 1.47. The number of hydrogen-bond acceptors (Lipinski definition) is 6. The average Bonchev–Trinajstić information content (AvgIpc) is 2.15. The fourth-order valence-corrected chi connectivity index (χ4v) is 0.766. The molecule has 1 rings (SSSR count). The third kappa shape index (κ3) is 3.12. The molecule has 0 unspecified atom stereocenters. The van der Waals surface area contributed by atoms with E-state index in [1.165, 1.54) is 19.3 Å². The van der Waals surface area contributed by atoms with Gasteiger partial charge in [0.15, 0.2) is 0 Å². The Morgan fingerprint density at radius 3 is 2.50 bits per heavy atom. The van der Waals surface area contributed by atoms with E-state index >= 15 is 0 Å². The van der Waals surface area contributed by atoms with Crippen LogP contribution in [0.5, 0.6) is 0 Å². The third-order valence-electron chi connectivity index (χ3n) is 1.47. The van der Waals surface area contributed by atoms with Gasteiger partial charge in [0.25, 0.3) is 0 Å². The molecular formula is C7H10BN3O3. The number of Topliss-reactive ketones (excluding diaryl/α,β-unsaturated/α-hetero) is 1. The summed E-state index contributed by atoms with van der Waals surface area (Å²) in [5.74, 6) is 0.254. The molecule has 0 saturated heterocycles. The quantitative estimate of drug-likeness (QED) is 0.488. The molecule has 74 valence electrons. The van der Waals surface area contributed by atoms with Gasteiger partial charge < -0.3 is 15.4 Å². The van der Waals surface area contributed by atoms with Crippen LogP contribution in [0.25, 0.3) is 0 Å². The second kappa shape index (κ2) is 4.68. The van der Waals surface area contributed by atoms with E-state index in [1.807, 2.05) is 0 Å². The number of aromatic nitrogens is 2. The monoisotopic (exact) mass is 195 g/mol. The second-order valence-corrected chi connectivity index (χ2v) is 2.77. The van der Waals surface area contributed by atoms with Gasteiger partial charge in [0, 0.05) is 17.9 Å². The molecule has 3 N–H and O–H groups in total. The van der Waals surface area contributed by atoms with E-state index in [4.69, 9.17) is 10.0 Å². The molecule has 0 saturated carbocycles. The second-order valence-electron chi connectivity index (χ2n) is 2.77. The van der Waals surface area contributed by atoms with Crippen LogP contribution in [0.2, 0.25) is 0 Å². The summed E-state index contributed by atoms with van der Waals surface area (Å²) >= 11 is 0. The van der Waals surface area contributed by atoms with E-state index < -0.39 is 7.12 Å². The molecule has 0 bridgehead atoms. The van der Waals surface area contributed by atoms with Crippen LogP contribution in [0, 0.1) is 0 Å². The first-order chi connectivity index (χ1) is 6.59. The Labute approximate surface area is 81.2 Å². The number of rotatable bonds is 4. The summed E-state index contributed by atoms with van der Waals surface area (Å²) in [7, 11) is -1.57. The molecule has 0 radical (unpaired) electrons. The summed E-state index contributed by atoms with van der Waals surface area (Å²) in [5.41, 5.74) is 0.207. The van der Waals surface area contributed by atoms with Gasteiger partial charge in [-0.2, -0.15) is 0 Å². The lowest BCUT2D eigenvalue weighted by atomic mass is 9.83. The Hall–Kier alpha value is -1.47. The number of hydrogen-bond donors (Lipinski definition) is 3. The molecule has 6 nitrogen and oxygen atoms in total. The van der Waals surface area contributed by atoms with Crippen LogP contribution in [0.3, 0.4) is 0 Å². The van der Waals surface area contributed by atoms with Crippen molar-refractivity contribution in [1.29, 1.82) is 0 Å². The number of nitrogens with zero attached hydrogens (tertiary/aromatic N) is 2. The average molecular weight is 195 g/mol. The first kappa shape index (κ1) is 10.6.